The predicted molar refractivity (Wildman–Crippen MR) is 122 cm³/mol. The Morgan fingerprint density at radius 2 is 1.83 bits per heavy atom. The molecule has 0 saturated heterocycles. The van der Waals surface area contributed by atoms with Crippen molar-refractivity contribution in [3.63, 3.8) is 0 Å². The molecule has 4 rings (SSSR count). The summed E-state index contributed by atoms with van der Waals surface area (Å²) in [6.07, 6.45) is 2.46. The lowest BCUT2D eigenvalue weighted by Gasteiger charge is -2.25. The number of aryl methyl sites for hydroxylation is 3. The molecule has 1 unspecified atom stereocenters. The smallest absolute Gasteiger partial charge is 0.211 e. The first-order valence-corrected chi connectivity index (χ1v) is 10.4. The average molecular weight is 421 g/mol. The Labute approximate surface area is 181 Å². The second kappa shape index (κ2) is 8.71. The van der Waals surface area contributed by atoms with E-state index in [4.69, 9.17) is 28.2 Å². The summed E-state index contributed by atoms with van der Waals surface area (Å²) in [6.45, 7) is 2.81. The highest BCUT2D eigenvalue weighted by molar-refractivity contribution is 6.31. The first-order valence-electron chi connectivity index (χ1n) is 10.0. The number of halogens is 1. The summed E-state index contributed by atoms with van der Waals surface area (Å²) in [7, 11) is 0. The summed E-state index contributed by atoms with van der Waals surface area (Å²) < 4.78 is 2.10. The van der Waals surface area contributed by atoms with Crippen LogP contribution in [-0.4, -0.2) is 21.5 Å². The van der Waals surface area contributed by atoms with Gasteiger partial charge in [0, 0.05) is 22.8 Å². The maximum absolute atomic E-state index is 6.52. The molecule has 30 heavy (non-hydrogen) atoms. The highest BCUT2D eigenvalue weighted by Gasteiger charge is 2.31. The van der Waals surface area contributed by atoms with Crippen molar-refractivity contribution in [2.75, 3.05) is 0 Å². The Hall–Kier alpha value is -3.12. The average Bonchev–Trinajstić information content (AvgIpc) is 3.07. The minimum absolute atomic E-state index is 0.0574. The Bertz CT molecular complexity index is 1100. The van der Waals surface area contributed by atoms with Crippen LogP contribution in [-0.2, 0) is 19.4 Å². The van der Waals surface area contributed by atoms with Gasteiger partial charge in [0.05, 0.1) is 11.4 Å². The van der Waals surface area contributed by atoms with Crippen LogP contribution in [0, 0.1) is 6.92 Å². The number of nitrogens with zero attached hydrogens (tertiary/aromatic N) is 4. The van der Waals surface area contributed by atoms with E-state index in [0.29, 0.717) is 6.42 Å². The zero-order valence-electron chi connectivity index (χ0n) is 16.9. The summed E-state index contributed by atoms with van der Waals surface area (Å²) in [5, 5.41) is 13.9. The molecular formula is C23H25ClN6. The number of nitrogens with two attached hydrogens (primary N) is 2. The van der Waals surface area contributed by atoms with Crippen molar-refractivity contribution in [1.29, 1.82) is 0 Å². The van der Waals surface area contributed by atoms with Gasteiger partial charge in [0.2, 0.25) is 5.96 Å². The number of rotatable bonds is 5. The largest absolute Gasteiger partial charge is 0.369 e. The maximum atomic E-state index is 6.52. The normalized spacial score (nSPS) is 17.0. The summed E-state index contributed by atoms with van der Waals surface area (Å²) in [5.41, 5.74) is 17.5. The van der Waals surface area contributed by atoms with E-state index >= 15 is 0 Å². The topological polar surface area (TPSA) is 94.6 Å². The van der Waals surface area contributed by atoms with Crippen LogP contribution in [0.5, 0.6) is 0 Å². The molecule has 6 nitrogen and oxygen atoms in total. The van der Waals surface area contributed by atoms with Crippen molar-refractivity contribution < 1.29 is 0 Å². The molecule has 0 amide bonds. The third kappa shape index (κ3) is 4.24. The second-order valence-electron chi connectivity index (χ2n) is 7.56. The van der Waals surface area contributed by atoms with Crippen LogP contribution in [0.1, 0.15) is 40.4 Å². The van der Waals surface area contributed by atoms with Crippen LogP contribution in [0.4, 0.5) is 0 Å². The van der Waals surface area contributed by atoms with Crippen LogP contribution in [0.3, 0.4) is 0 Å². The van der Waals surface area contributed by atoms with Gasteiger partial charge in [-0.1, -0.05) is 60.1 Å². The molecule has 1 aliphatic carbocycles. The zero-order valence-corrected chi connectivity index (χ0v) is 17.7. The van der Waals surface area contributed by atoms with E-state index in [1.54, 1.807) is 0 Å². The summed E-state index contributed by atoms with van der Waals surface area (Å²) >= 11 is 6.52. The fourth-order valence-corrected chi connectivity index (χ4v) is 4.44. The standard InChI is InChI=1S/C23H25ClN6/c1-15-22-20(27-28-23(25)26)13-17(18-9-5-6-10-19(18)24)14-21(22)30(29-15)12-11-16-7-3-2-4-8-16/h2-10,17H,11-14H2,1H3,(H4,25,26,28)/b27-20-. The van der Waals surface area contributed by atoms with Crippen molar-refractivity contribution >= 4 is 23.3 Å². The van der Waals surface area contributed by atoms with E-state index in [0.717, 1.165) is 52.6 Å². The highest BCUT2D eigenvalue weighted by Crippen LogP contribution is 2.37. The Kier molecular flexibility index (Phi) is 5.86. The lowest BCUT2D eigenvalue weighted by atomic mass is 9.81. The fraction of sp³-hybridized carbons (Fsp3) is 0.261. The number of benzene rings is 2. The van der Waals surface area contributed by atoms with Gasteiger partial charge in [-0.2, -0.15) is 10.2 Å². The van der Waals surface area contributed by atoms with Crippen molar-refractivity contribution in [2.45, 2.75) is 38.6 Å². The van der Waals surface area contributed by atoms with Gasteiger partial charge in [0.1, 0.15) is 0 Å². The van der Waals surface area contributed by atoms with Crippen molar-refractivity contribution in [3.8, 4) is 0 Å². The summed E-state index contributed by atoms with van der Waals surface area (Å²) in [4.78, 5) is 0. The minimum atomic E-state index is -0.0574. The first kappa shape index (κ1) is 20.2. The van der Waals surface area contributed by atoms with Gasteiger partial charge in [-0.15, -0.1) is 5.10 Å². The van der Waals surface area contributed by atoms with Gasteiger partial charge in [0.15, 0.2) is 0 Å². The van der Waals surface area contributed by atoms with Crippen molar-refractivity contribution in [2.24, 2.45) is 21.7 Å². The second-order valence-corrected chi connectivity index (χ2v) is 7.97. The molecule has 0 aliphatic heterocycles. The zero-order chi connectivity index (χ0) is 21.1. The molecule has 0 spiro atoms. The lowest BCUT2D eigenvalue weighted by molar-refractivity contribution is 0.554. The Morgan fingerprint density at radius 1 is 1.10 bits per heavy atom. The van der Waals surface area contributed by atoms with E-state index in [1.807, 2.05) is 31.2 Å². The molecule has 1 atom stereocenters. The Balaban J connectivity index is 1.72. The van der Waals surface area contributed by atoms with Crippen LogP contribution >= 0.6 is 11.6 Å². The van der Waals surface area contributed by atoms with E-state index < -0.39 is 0 Å². The molecule has 1 aliphatic rings. The van der Waals surface area contributed by atoms with Gasteiger partial charge >= 0.3 is 0 Å². The van der Waals surface area contributed by atoms with Gasteiger partial charge in [0.25, 0.3) is 0 Å². The summed E-state index contributed by atoms with van der Waals surface area (Å²) in [5.74, 6) is 0.128. The van der Waals surface area contributed by atoms with E-state index in [1.165, 1.54) is 5.56 Å². The third-order valence-corrected chi connectivity index (χ3v) is 5.83. The molecule has 2 aromatic carbocycles. The quantitative estimate of drug-likeness (QED) is 0.373. The molecular weight excluding hydrogens is 396 g/mol. The number of hydrogen-bond donors (Lipinski definition) is 2. The number of fused-ring (bicyclic) bond motifs is 1. The molecule has 154 valence electrons. The fourth-order valence-electron chi connectivity index (χ4n) is 4.15. The van der Waals surface area contributed by atoms with Crippen molar-refractivity contribution in [3.05, 3.63) is 87.7 Å². The SMILES string of the molecule is Cc1nn(CCc2ccccc2)c2c1/C(=N\N=C(N)N)CC(c1ccccc1Cl)C2. The van der Waals surface area contributed by atoms with Gasteiger partial charge in [-0.25, -0.2) is 0 Å². The molecule has 4 N–H and O–H groups in total. The van der Waals surface area contributed by atoms with Crippen LogP contribution in [0.2, 0.25) is 5.02 Å². The molecule has 3 aromatic rings. The van der Waals surface area contributed by atoms with Crippen molar-refractivity contribution in [1.82, 2.24) is 9.78 Å². The lowest BCUT2D eigenvalue weighted by Crippen LogP contribution is -2.24. The van der Waals surface area contributed by atoms with Crippen LogP contribution in [0.25, 0.3) is 0 Å². The summed E-state index contributed by atoms with van der Waals surface area (Å²) in [6, 6.07) is 18.4. The number of guanidine groups is 1. The predicted octanol–water partition coefficient (Wildman–Crippen LogP) is 3.80. The van der Waals surface area contributed by atoms with Crippen LogP contribution < -0.4 is 11.5 Å². The molecule has 0 fully saturated rings. The maximum Gasteiger partial charge on any atom is 0.211 e. The van der Waals surface area contributed by atoms with E-state index in [2.05, 4.69) is 45.2 Å². The molecule has 1 aromatic heterocycles. The third-order valence-electron chi connectivity index (χ3n) is 5.49. The number of hydrogen-bond acceptors (Lipinski definition) is 3. The molecule has 7 heteroatoms. The molecule has 1 heterocycles. The molecule has 0 bridgehead atoms. The molecule has 0 radical (unpaired) electrons. The van der Waals surface area contributed by atoms with E-state index in [9.17, 15) is 0 Å². The van der Waals surface area contributed by atoms with E-state index in [-0.39, 0.29) is 11.9 Å². The van der Waals surface area contributed by atoms with Gasteiger partial charge < -0.3 is 11.5 Å². The first-order chi connectivity index (χ1) is 14.5. The monoisotopic (exact) mass is 420 g/mol. The van der Waals surface area contributed by atoms with Gasteiger partial charge in [-0.05, 0) is 49.3 Å². The Morgan fingerprint density at radius 3 is 2.57 bits per heavy atom. The van der Waals surface area contributed by atoms with Gasteiger partial charge in [-0.3, -0.25) is 4.68 Å². The van der Waals surface area contributed by atoms with Crippen LogP contribution in [0.15, 0.2) is 64.8 Å². The highest BCUT2D eigenvalue weighted by atomic mass is 35.5. The number of aromatic nitrogens is 2. The molecule has 0 saturated carbocycles. The minimum Gasteiger partial charge on any atom is -0.369 e.